The van der Waals surface area contributed by atoms with Gasteiger partial charge in [-0.2, -0.15) is 5.10 Å². The van der Waals surface area contributed by atoms with E-state index in [1.807, 2.05) is 38.2 Å². The van der Waals surface area contributed by atoms with Crippen molar-refractivity contribution in [2.24, 2.45) is 0 Å². The fourth-order valence-electron chi connectivity index (χ4n) is 3.34. The number of nitrogens with one attached hydrogen (secondary N) is 1. The van der Waals surface area contributed by atoms with Crippen LogP contribution in [0.4, 0.5) is 0 Å². The average molecular weight is 403 g/mol. The Morgan fingerprint density at radius 2 is 1.93 bits per heavy atom. The Bertz CT molecular complexity index is 1470. The third-order valence-electron chi connectivity index (χ3n) is 4.79. The number of nitrogens with zero attached hydrogens (tertiary/aromatic N) is 5. The molecule has 0 radical (unpaired) electrons. The first-order valence-corrected chi connectivity index (χ1v) is 9.36. The number of H-pyrrole nitrogens is 1. The van der Waals surface area contributed by atoms with Gasteiger partial charge in [0, 0.05) is 35.6 Å². The molecule has 0 amide bonds. The van der Waals surface area contributed by atoms with Crippen LogP contribution in [0, 0.1) is 13.8 Å². The highest BCUT2D eigenvalue weighted by molar-refractivity contribution is 6.35. The Kier molecular flexibility index (Phi) is 3.92. The summed E-state index contributed by atoms with van der Waals surface area (Å²) in [5, 5.41) is 5.90. The molecule has 4 heterocycles. The SMILES string of the molecule is Cc1ccn(-c2nc3[nH]ccc(=O)c3nc2-c2cc(Cl)c3nccc(C)c3c2)n1. The Morgan fingerprint density at radius 1 is 1.07 bits per heavy atom. The maximum absolute atomic E-state index is 12.4. The number of aromatic nitrogens is 6. The van der Waals surface area contributed by atoms with E-state index < -0.39 is 0 Å². The van der Waals surface area contributed by atoms with Crippen LogP contribution in [-0.4, -0.2) is 29.7 Å². The van der Waals surface area contributed by atoms with Crippen molar-refractivity contribution in [3.63, 3.8) is 0 Å². The van der Waals surface area contributed by atoms with Crippen molar-refractivity contribution in [3.05, 3.63) is 75.4 Å². The zero-order valence-electron chi connectivity index (χ0n) is 15.6. The third kappa shape index (κ3) is 2.87. The van der Waals surface area contributed by atoms with Crippen LogP contribution < -0.4 is 5.43 Å². The smallest absolute Gasteiger partial charge is 0.209 e. The molecule has 4 aromatic heterocycles. The molecule has 0 spiro atoms. The van der Waals surface area contributed by atoms with Gasteiger partial charge in [-0.3, -0.25) is 9.78 Å². The number of hydrogen-bond acceptors (Lipinski definition) is 5. The molecule has 0 aliphatic heterocycles. The van der Waals surface area contributed by atoms with E-state index in [9.17, 15) is 4.79 Å². The van der Waals surface area contributed by atoms with Crippen molar-refractivity contribution in [2.75, 3.05) is 0 Å². The zero-order chi connectivity index (χ0) is 20.1. The van der Waals surface area contributed by atoms with Gasteiger partial charge in [-0.25, -0.2) is 14.6 Å². The molecule has 29 heavy (non-hydrogen) atoms. The second-order valence-corrected chi connectivity index (χ2v) is 7.23. The van der Waals surface area contributed by atoms with E-state index in [0.29, 0.717) is 22.2 Å². The molecule has 5 rings (SSSR count). The van der Waals surface area contributed by atoms with Crippen LogP contribution in [0.15, 0.2) is 53.7 Å². The minimum atomic E-state index is -0.208. The van der Waals surface area contributed by atoms with E-state index in [0.717, 1.165) is 27.7 Å². The van der Waals surface area contributed by atoms with Crippen molar-refractivity contribution in [3.8, 4) is 17.1 Å². The lowest BCUT2D eigenvalue weighted by atomic mass is 10.0. The largest absolute Gasteiger partial charge is 0.345 e. The van der Waals surface area contributed by atoms with Gasteiger partial charge >= 0.3 is 0 Å². The lowest BCUT2D eigenvalue weighted by molar-refractivity contribution is 0.832. The lowest BCUT2D eigenvalue weighted by Gasteiger charge is -2.12. The molecule has 5 aromatic rings. The highest BCUT2D eigenvalue weighted by Crippen LogP contribution is 2.32. The summed E-state index contributed by atoms with van der Waals surface area (Å²) in [5.41, 5.74) is 4.31. The van der Waals surface area contributed by atoms with Crippen molar-refractivity contribution < 1.29 is 0 Å². The highest BCUT2D eigenvalue weighted by Gasteiger charge is 2.17. The molecular formula is C21H15ClN6O. The molecule has 0 atom stereocenters. The van der Waals surface area contributed by atoms with Crippen LogP contribution in [0.1, 0.15) is 11.3 Å². The van der Waals surface area contributed by atoms with E-state index in [-0.39, 0.29) is 10.9 Å². The molecule has 0 fully saturated rings. The van der Waals surface area contributed by atoms with Gasteiger partial charge < -0.3 is 4.98 Å². The fourth-order valence-corrected chi connectivity index (χ4v) is 3.61. The van der Waals surface area contributed by atoms with E-state index in [4.69, 9.17) is 11.6 Å². The average Bonchev–Trinajstić information content (AvgIpc) is 3.14. The highest BCUT2D eigenvalue weighted by atomic mass is 35.5. The second kappa shape index (κ2) is 6.49. The number of rotatable bonds is 2. The Hall–Kier alpha value is -3.58. The predicted molar refractivity (Wildman–Crippen MR) is 113 cm³/mol. The number of benzene rings is 1. The summed E-state index contributed by atoms with van der Waals surface area (Å²) in [5.74, 6) is 0.504. The molecule has 1 aromatic carbocycles. The molecule has 1 N–H and O–H groups in total. The number of halogens is 1. The molecule has 8 heteroatoms. The van der Waals surface area contributed by atoms with E-state index in [1.54, 1.807) is 23.1 Å². The molecule has 0 aliphatic carbocycles. The second-order valence-electron chi connectivity index (χ2n) is 6.82. The van der Waals surface area contributed by atoms with Gasteiger partial charge in [0.05, 0.1) is 16.2 Å². The number of aryl methyl sites for hydroxylation is 2. The monoisotopic (exact) mass is 402 g/mol. The summed E-state index contributed by atoms with van der Waals surface area (Å²) in [4.78, 5) is 29.1. The zero-order valence-corrected chi connectivity index (χ0v) is 16.4. The Labute approximate surface area is 170 Å². The number of hydrogen-bond donors (Lipinski definition) is 1. The van der Waals surface area contributed by atoms with E-state index in [2.05, 4.69) is 25.0 Å². The maximum atomic E-state index is 12.4. The number of pyridine rings is 2. The molecule has 0 saturated carbocycles. The standard InChI is InChI=1S/C21H15ClN6O/c1-11-3-6-23-18-14(11)9-13(10-15(18)22)17-21(28-8-5-12(2)27-28)26-20-19(25-17)16(29)4-7-24-20/h3-10H,1-2H3,(H,24,26,29). The van der Waals surface area contributed by atoms with Crippen LogP contribution >= 0.6 is 11.6 Å². The van der Waals surface area contributed by atoms with Gasteiger partial charge in [-0.1, -0.05) is 11.6 Å². The molecule has 0 unspecified atom stereocenters. The van der Waals surface area contributed by atoms with Crippen LogP contribution in [0.25, 0.3) is 39.1 Å². The quantitative estimate of drug-likeness (QED) is 0.482. The van der Waals surface area contributed by atoms with Crippen LogP contribution in [0.2, 0.25) is 5.02 Å². The Morgan fingerprint density at radius 3 is 2.72 bits per heavy atom. The lowest BCUT2D eigenvalue weighted by Crippen LogP contribution is -2.10. The van der Waals surface area contributed by atoms with Crippen molar-refractivity contribution in [2.45, 2.75) is 13.8 Å². The Balaban J connectivity index is 1.88. The summed E-state index contributed by atoms with van der Waals surface area (Å²) in [7, 11) is 0. The van der Waals surface area contributed by atoms with Gasteiger partial charge in [0.15, 0.2) is 17.0 Å². The van der Waals surface area contributed by atoms with Crippen LogP contribution in [0.5, 0.6) is 0 Å². The predicted octanol–water partition coefficient (Wildman–Crippen LogP) is 3.99. The summed E-state index contributed by atoms with van der Waals surface area (Å²) in [6.45, 7) is 3.90. The molecular weight excluding hydrogens is 388 g/mol. The number of fused-ring (bicyclic) bond motifs is 2. The molecule has 0 bridgehead atoms. The summed E-state index contributed by atoms with van der Waals surface area (Å²) >= 11 is 6.54. The topological polar surface area (TPSA) is 89.4 Å². The summed E-state index contributed by atoms with van der Waals surface area (Å²) in [6, 6.07) is 9.00. The molecule has 142 valence electrons. The first-order valence-electron chi connectivity index (χ1n) is 8.98. The van der Waals surface area contributed by atoms with Crippen LogP contribution in [-0.2, 0) is 0 Å². The van der Waals surface area contributed by atoms with Crippen molar-refractivity contribution >= 4 is 33.7 Å². The first-order chi connectivity index (χ1) is 14.0. The van der Waals surface area contributed by atoms with E-state index >= 15 is 0 Å². The minimum absolute atomic E-state index is 0.208. The first kappa shape index (κ1) is 17.5. The molecule has 0 aliphatic rings. The summed E-state index contributed by atoms with van der Waals surface area (Å²) in [6.07, 6.45) is 5.10. The summed E-state index contributed by atoms with van der Waals surface area (Å²) < 4.78 is 1.65. The maximum Gasteiger partial charge on any atom is 0.209 e. The van der Waals surface area contributed by atoms with Gasteiger partial charge in [-0.05, 0) is 43.7 Å². The van der Waals surface area contributed by atoms with E-state index in [1.165, 1.54) is 6.07 Å². The van der Waals surface area contributed by atoms with Gasteiger partial charge in [0.25, 0.3) is 0 Å². The van der Waals surface area contributed by atoms with Gasteiger partial charge in [0.1, 0.15) is 5.69 Å². The number of aromatic amines is 1. The van der Waals surface area contributed by atoms with Gasteiger partial charge in [-0.15, -0.1) is 0 Å². The normalized spacial score (nSPS) is 11.4. The molecule has 7 nitrogen and oxygen atoms in total. The third-order valence-corrected chi connectivity index (χ3v) is 5.08. The minimum Gasteiger partial charge on any atom is -0.345 e. The van der Waals surface area contributed by atoms with Crippen LogP contribution in [0.3, 0.4) is 0 Å². The van der Waals surface area contributed by atoms with Crippen molar-refractivity contribution in [1.82, 2.24) is 29.7 Å². The fraction of sp³-hybridized carbons (Fsp3) is 0.0952. The molecule has 0 saturated heterocycles. The van der Waals surface area contributed by atoms with Crippen molar-refractivity contribution in [1.29, 1.82) is 0 Å². The van der Waals surface area contributed by atoms with Gasteiger partial charge in [0.2, 0.25) is 5.43 Å².